The predicted octanol–water partition coefficient (Wildman–Crippen LogP) is 4.57. The lowest BCUT2D eigenvalue weighted by molar-refractivity contribution is 0.0928. The predicted molar refractivity (Wildman–Crippen MR) is 113 cm³/mol. The summed E-state index contributed by atoms with van der Waals surface area (Å²) in [6.07, 6.45) is 6.83. The maximum atomic E-state index is 12.6. The fourth-order valence-electron chi connectivity index (χ4n) is 3.45. The molecule has 6 nitrogen and oxygen atoms in total. The van der Waals surface area contributed by atoms with Crippen molar-refractivity contribution in [1.82, 2.24) is 10.3 Å². The summed E-state index contributed by atoms with van der Waals surface area (Å²) < 4.78 is 5.60. The average molecular weight is 396 g/mol. The van der Waals surface area contributed by atoms with Crippen LogP contribution in [0.5, 0.6) is 5.75 Å². The third-order valence-corrected chi connectivity index (χ3v) is 4.89. The molecule has 3 rings (SSSR count). The molecule has 0 saturated heterocycles. The monoisotopic (exact) mass is 395 g/mol. The maximum Gasteiger partial charge on any atom is 0.274 e. The summed E-state index contributed by atoms with van der Waals surface area (Å²) in [4.78, 5) is 29.4. The smallest absolute Gasteiger partial charge is 0.274 e. The van der Waals surface area contributed by atoms with Crippen LogP contribution in [0.4, 0.5) is 5.69 Å². The number of pyridine rings is 1. The van der Waals surface area contributed by atoms with Gasteiger partial charge in [0, 0.05) is 11.7 Å². The molecule has 1 heterocycles. The van der Waals surface area contributed by atoms with Gasteiger partial charge in [0.25, 0.3) is 11.8 Å². The molecule has 0 unspecified atom stereocenters. The van der Waals surface area contributed by atoms with E-state index in [4.69, 9.17) is 4.74 Å². The van der Waals surface area contributed by atoms with E-state index in [-0.39, 0.29) is 35.3 Å². The third kappa shape index (κ3) is 6.31. The van der Waals surface area contributed by atoms with E-state index in [1.807, 2.05) is 13.8 Å². The molecule has 2 N–H and O–H groups in total. The van der Waals surface area contributed by atoms with Crippen molar-refractivity contribution in [3.05, 3.63) is 53.9 Å². The highest BCUT2D eigenvalue weighted by Gasteiger charge is 2.18. The van der Waals surface area contributed by atoms with Crippen LogP contribution in [0.1, 0.15) is 73.3 Å². The second kappa shape index (κ2) is 10.0. The molecule has 2 amide bonds. The molecule has 1 aromatic carbocycles. The topological polar surface area (TPSA) is 80.3 Å². The minimum absolute atomic E-state index is 0.0894. The summed E-state index contributed by atoms with van der Waals surface area (Å²) in [7, 11) is 0. The van der Waals surface area contributed by atoms with Crippen LogP contribution in [-0.2, 0) is 0 Å². The molecule has 1 fully saturated rings. The standard InChI is InChI=1S/C23H29N3O3/c1-16(2)29-19-14-12-18(13-15-19)25-23(28)21-11-7-10-20(26-21)22(27)24-17-8-5-3-4-6-9-17/h7,10-17H,3-6,8-9H2,1-2H3,(H,24,27)(H,25,28). The van der Waals surface area contributed by atoms with Gasteiger partial charge in [-0.15, -0.1) is 0 Å². The Morgan fingerprint density at radius 1 is 0.931 bits per heavy atom. The summed E-state index contributed by atoms with van der Waals surface area (Å²) in [6, 6.07) is 12.3. The highest BCUT2D eigenvalue weighted by molar-refractivity contribution is 6.03. The van der Waals surface area contributed by atoms with E-state index in [0.717, 1.165) is 31.4 Å². The first-order valence-corrected chi connectivity index (χ1v) is 10.4. The number of ether oxygens (including phenoxy) is 1. The molecular formula is C23H29N3O3. The zero-order chi connectivity index (χ0) is 20.6. The van der Waals surface area contributed by atoms with Crippen molar-refractivity contribution in [2.75, 3.05) is 5.32 Å². The van der Waals surface area contributed by atoms with E-state index in [1.165, 1.54) is 12.8 Å². The number of anilines is 1. The molecule has 2 aromatic rings. The van der Waals surface area contributed by atoms with Crippen LogP contribution in [0.2, 0.25) is 0 Å². The number of aromatic nitrogens is 1. The molecule has 154 valence electrons. The number of amides is 2. The van der Waals surface area contributed by atoms with Crippen LogP contribution < -0.4 is 15.4 Å². The molecule has 1 saturated carbocycles. The molecule has 1 aromatic heterocycles. The summed E-state index contributed by atoms with van der Waals surface area (Å²) in [6.45, 7) is 3.92. The first kappa shape index (κ1) is 20.8. The molecule has 29 heavy (non-hydrogen) atoms. The van der Waals surface area contributed by atoms with Gasteiger partial charge in [0.15, 0.2) is 0 Å². The zero-order valence-electron chi connectivity index (χ0n) is 17.1. The quantitative estimate of drug-likeness (QED) is 0.702. The van der Waals surface area contributed by atoms with E-state index in [1.54, 1.807) is 42.5 Å². The Hall–Kier alpha value is -2.89. The number of benzene rings is 1. The van der Waals surface area contributed by atoms with Gasteiger partial charge in [-0.1, -0.05) is 31.7 Å². The van der Waals surface area contributed by atoms with Crippen LogP contribution in [-0.4, -0.2) is 28.9 Å². The Labute approximate surface area is 172 Å². The SMILES string of the molecule is CC(C)Oc1ccc(NC(=O)c2cccc(C(=O)NC3CCCCCC3)n2)cc1. The van der Waals surface area contributed by atoms with Crippen LogP contribution >= 0.6 is 0 Å². The summed E-state index contributed by atoms with van der Waals surface area (Å²) >= 11 is 0. The van der Waals surface area contributed by atoms with Gasteiger partial charge < -0.3 is 15.4 Å². The fourth-order valence-corrected chi connectivity index (χ4v) is 3.45. The number of carbonyl (C=O) groups excluding carboxylic acids is 2. The van der Waals surface area contributed by atoms with Crippen LogP contribution in [0.25, 0.3) is 0 Å². The normalized spacial score (nSPS) is 14.9. The van der Waals surface area contributed by atoms with Crippen molar-refractivity contribution in [2.24, 2.45) is 0 Å². The van der Waals surface area contributed by atoms with Gasteiger partial charge in [-0.05, 0) is 63.1 Å². The first-order valence-electron chi connectivity index (χ1n) is 10.4. The van der Waals surface area contributed by atoms with Gasteiger partial charge in [0.05, 0.1) is 6.10 Å². The number of nitrogens with one attached hydrogen (secondary N) is 2. The molecule has 0 atom stereocenters. The Morgan fingerprint density at radius 2 is 1.55 bits per heavy atom. The summed E-state index contributed by atoms with van der Waals surface area (Å²) in [5, 5.41) is 5.87. The lowest BCUT2D eigenvalue weighted by Crippen LogP contribution is -2.35. The Bertz CT molecular complexity index is 826. The molecule has 1 aliphatic carbocycles. The lowest BCUT2D eigenvalue weighted by atomic mass is 10.1. The number of carbonyl (C=O) groups is 2. The molecular weight excluding hydrogens is 366 g/mol. The highest BCUT2D eigenvalue weighted by Crippen LogP contribution is 2.19. The molecule has 0 radical (unpaired) electrons. The maximum absolute atomic E-state index is 12.6. The van der Waals surface area contributed by atoms with Crippen molar-refractivity contribution < 1.29 is 14.3 Å². The van der Waals surface area contributed by atoms with Crippen LogP contribution in [0.3, 0.4) is 0 Å². The van der Waals surface area contributed by atoms with E-state index >= 15 is 0 Å². The van der Waals surface area contributed by atoms with E-state index in [2.05, 4.69) is 15.6 Å². The Morgan fingerprint density at radius 3 is 2.17 bits per heavy atom. The Kier molecular flexibility index (Phi) is 7.22. The van der Waals surface area contributed by atoms with Crippen LogP contribution in [0, 0.1) is 0 Å². The van der Waals surface area contributed by atoms with Gasteiger partial charge in [0.1, 0.15) is 17.1 Å². The lowest BCUT2D eigenvalue weighted by Gasteiger charge is -2.16. The van der Waals surface area contributed by atoms with Gasteiger partial charge >= 0.3 is 0 Å². The average Bonchev–Trinajstić information content (AvgIpc) is 2.98. The number of nitrogens with zero attached hydrogens (tertiary/aromatic N) is 1. The molecule has 1 aliphatic rings. The fraction of sp³-hybridized carbons (Fsp3) is 0.435. The van der Waals surface area contributed by atoms with Crippen molar-refractivity contribution in [1.29, 1.82) is 0 Å². The number of rotatable bonds is 6. The second-order valence-electron chi connectivity index (χ2n) is 7.72. The molecule has 6 heteroatoms. The Balaban J connectivity index is 1.62. The van der Waals surface area contributed by atoms with Gasteiger partial charge in [0.2, 0.25) is 0 Å². The number of hydrogen-bond donors (Lipinski definition) is 2. The highest BCUT2D eigenvalue weighted by atomic mass is 16.5. The van der Waals surface area contributed by atoms with Gasteiger partial charge in [-0.2, -0.15) is 0 Å². The summed E-state index contributed by atoms with van der Waals surface area (Å²) in [5.74, 6) is 0.168. The second-order valence-corrected chi connectivity index (χ2v) is 7.72. The first-order chi connectivity index (χ1) is 14.0. The van der Waals surface area contributed by atoms with E-state index in [9.17, 15) is 9.59 Å². The van der Waals surface area contributed by atoms with Crippen molar-refractivity contribution in [3.63, 3.8) is 0 Å². The third-order valence-electron chi connectivity index (χ3n) is 4.89. The van der Waals surface area contributed by atoms with Gasteiger partial charge in [-0.3, -0.25) is 9.59 Å². The molecule has 0 spiro atoms. The minimum atomic E-state index is -0.355. The van der Waals surface area contributed by atoms with E-state index < -0.39 is 0 Å². The van der Waals surface area contributed by atoms with Crippen molar-refractivity contribution in [3.8, 4) is 5.75 Å². The van der Waals surface area contributed by atoms with Crippen molar-refractivity contribution >= 4 is 17.5 Å². The minimum Gasteiger partial charge on any atom is -0.491 e. The molecule has 0 bridgehead atoms. The van der Waals surface area contributed by atoms with E-state index in [0.29, 0.717) is 5.69 Å². The molecule has 0 aliphatic heterocycles. The van der Waals surface area contributed by atoms with Gasteiger partial charge in [-0.25, -0.2) is 4.98 Å². The van der Waals surface area contributed by atoms with Crippen LogP contribution in [0.15, 0.2) is 42.5 Å². The summed E-state index contributed by atoms with van der Waals surface area (Å²) in [5.41, 5.74) is 1.12. The zero-order valence-corrected chi connectivity index (χ0v) is 17.1. The number of hydrogen-bond acceptors (Lipinski definition) is 4. The van der Waals surface area contributed by atoms with Crippen molar-refractivity contribution in [2.45, 2.75) is 64.5 Å². The largest absolute Gasteiger partial charge is 0.491 e.